The number of rotatable bonds is 1. The first-order valence-electron chi connectivity index (χ1n) is 5.12. The summed E-state index contributed by atoms with van der Waals surface area (Å²) in [6.07, 6.45) is 5.84. The molecule has 4 heteroatoms. The molecule has 2 heterocycles. The van der Waals surface area contributed by atoms with Crippen molar-refractivity contribution in [3.63, 3.8) is 0 Å². The van der Waals surface area contributed by atoms with Crippen LogP contribution >= 0.6 is 11.3 Å². The average molecular weight is 222 g/mol. The standard InChI is InChI=1S/C11H14N2OS/c1-9-3-2-6-13(7-4-9)11(14)10-12-5-8-15-10/h3,5,8H,2,4,6-7H2,1H3. The van der Waals surface area contributed by atoms with Gasteiger partial charge in [0.05, 0.1) is 0 Å². The minimum Gasteiger partial charge on any atom is -0.336 e. The van der Waals surface area contributed by atoms with Gasteiger partial charge in [0.2, 0.25) is 0 Å². The fourth-order valence-corrected chi connectivity index (χ4v) is 2.26. The Kier molecular flexibility index (Phi) is 3.16. The zero-order valence-corrected chi connectivity index (χ0v) is 9.59. The van der Waals surface area contributed by atoms with Crippen LogP contribution in [0.25, 0.3) is 0 Å². The number of aromatic nitrogens is 1. The number of amides is 1. The Morgan fingerprint density at radius 1 is 1.53 bits per heavy atom. The Labute approximate surface area is 93.4 Å². The second-order valence-electron chi connectivity index (χ2n) is 3.72. The van der Waals surface area contributed by atoms with Gasteiger partial charge in [0.25, 0.3) is 5.91 Å². The molecule has 0 aliphatic carbocycles. The molecule has 0 N–H and O–H groups in total. The Morgan fingerprint density at radius 3 is 3.13 bits per heavy atom. The molecule has 0 aromatic carbocycles. The van der Waals surface area contributed by atoms with Crippen LogP contribution < -0.4 is 0 Å². The van der Waals surface area contributed by atoms with E-state index < -0.39 is 0 Å². The fourth-order valence-electron chi connectivity index (χ4n) is 1.66. The predicted molar refractivity (Wildman–Crippen MR) is 61.0 cm³/mol. The maximum Gasteiger partial charge on any atom is 0.282 e. The number of thiazole rings is 1. The first kappa shape index (κ1) is 10.4. The minimum atomic E-state index is 0.0769. The third-order valence-corrected chi connectivity index (χ3v) is 3.33. The molecule has 1 aromatic rings. The van der Waals surface area contributed by atoms with Crippen LogP contribution in [0.3, 0.4) is 0 Å². The fraction of sp³-hybridized carbons (Fsp3) is 0.455. The molecule has 0 spiro atoms. The summed E-state index contributed by atoms with van der Waals surface area (Å²) in [4.78, 5) is 17.9. The molecule has 0 radical (unpaired) electrons. The van der Waals surface area contributed by atoms with Crippen molar-refractivity contribution in [1.29, 1.82) is 0 Å². The Morgan fingerprint density at radius 2 is 2.40 bits per heavy atom. The SMILES string of the molecule is CC1=CCCN(C(=O)c2nccs2)CC1. The van der Waals surface area contributed by atoms with Crippen molar-refractivity contribution in [2.45, 2.75) is 19.8 Å². The molecule has 15 heavy (non-hydrogen) atoms. The largest absolute Gasteiger partial charge is 0.336 e. The number of hydrogen-bond donors (Lipinski definition) is 0. The van der Waals surface area contributed by atoms with E-state index in [1.54, 1.807) is 6.20 Å². The van der Waals surface area contributed by atoms with Crippen molar-refractivity contribution in [1.82, 2.24) is 9.88 Å². The molecular weight excluding hydrogens is 208 g/mol. The van der Waals surface area contributed by atoms with Gasteiger partial charge in [0.1, 0.15) is 0 Å². The van der Waals surface area contributed by atoms with Crippen LogP contribution in [-0.4, -0.2) is 28.9 Å². The zero-order chi connectivity index (χ0) is 10.7. The summed E-state index contributed by atoms with van der Waals surface area (Å²) in [5.41, 5.74) is 1.38. The molecule has 1 aliphatic heterocycles. The lowest BCUT2D eigenvalue weighted by molar-refractivity contribution is 0.0763. The highest BCUT2D eigenvalue weighted by atomic mass is 32.1. The number of carbonyl (C=O) groups excluding carboxylic acids is 1. The molecule has 1 aromatic heterocycles. The third kappa shape index (κ3) is 2.45. The highest BCUT2D eigenvalue weighted by molar-refractivity contribution is 7.11. The van der Waals surface area contributed by atoms with Crippen LogP contribution in [0.4, 0.5) is 0 Å². The molecular formula is C11H14N2OS. The molecule has 3 nitrogen and oxygen atoms in total. The molecule has 1 aliphatic rings. The molecule has 0 saturated heterocycles. The van der Waals surface area contributed by atoms with Gasteiger partial charge < -0.3 is 4.90 Å². The van der Waals surface area contributed by atoms with Gasteiger partial charge in [-0.3, -0.25) is 4.79 Å². The van der Waals surface area contributed by atoms with Crippen molar-refractivity contribution >= 4 is 17.2 Å². The second-order valence-corrected chi connectivity index (χ2v) is 4.61. The lowest BCUT2D eigenvalue weighted by atomic mass is 10.2. The van der Waals surface area contributed by atoms with Crippen LogP contribution in [0, 0.1) is 0 Å². The van der Waals surface area contributed by atoms with Crippen molar-refractivity contribution in [3.8, 4) is 0 Å². The monoisotopic (exact) mass is 222 g/mol. The van der Waals surface area contributed by atoms with Gasteiger partial charge in [-0.05, 0) is 19.8 Å². The number of carbonyl (C=O) groups is 1. The van der Waals surface area contributed by atoms with Crippen LogP contribution in [0.5, 0.6) is 0 Å². The molecule has 0 saturated carbocycles. The van der Waals surface area contributed by atoms with E-state index in [1.165, 1.54) is 16.9 Å². The molecule has 1 amide bonds. The van der Waals surface area contributed by atoms with Crippen LogP contribution in [0.2, 0.25) is 0 Å². The minimum absolute atomic E-state index is 0.0769. The van der Waals surface area contributed by atoms with Gasteiger partial charge in [0, 0.05) is 24.7 Å². The summed E-state index contributed by atoms with van der Waals surface area (Å²) < 4.78 is 0. The highest BCUT2D eigenvalue weighted by Gasteiger charge is 2.18. The van der Waals surface area contributed by atoms with Crippen molar-refractivity contribution in [2.75, 3.05) is 13.1 Å². The van der Waals surface area contributed by atoms with Gasteiger partial charge >= 0.3 is 0 Å². The summed E-state index contributed by atoms with van der Waals surface area (Å²) in [5.74, 6) is 0.0769. The number of hydrogen-bond acceptors (Lipinski definition) is 3. The normalized spacial score (nSPS) is 17.1. The number of nitrogens with zero attached hydrogens (tertiary/aromatic N) is 2. The summed E-state index contributed by atoms with van der Waals surface area (Å²) in [5, 5.41) is 2.45. The third-order valence-electron chi connectivity index (χ3n) is 2.57. The van der Waals surface area contributed by atoms with Gasteiger partial charge in [-0.1, -0.05) is 11.6 Å². The Balaban J connectivity index is 2.03. The zero-order valence-electron chi connectivity index (χ0n) is 8.77. The molecule has 0 fully saturated rings. The maximum atomic E-state index is 12.0. The quantitative estimate of drug-likeness (QED) is 0.683. The average Bonchev–Trinajstić information content (AvgIpc) is 2.67. The van der Waals surface area contributed by atoms with Gasteiger partial charge in [-0.2, -0.15) is 0 Å². The summed E-state index contributed by atoms with van der Waals surface area (Å²) in [6.45, 7) is 3.76. The molecule has 80 valence electrons. The summed E-state index contributed by atoms with van der Waals surface area (Å²) >= 11 is 1.41. The molecule has 0 atom stereocenters. The van der Waals surface area contributed by atoms with Gasteiger partial charge in [-0.25, -0.2) is 4.98 Å². The maximum absolute atomic E-state index is 12.0. The first-order chi connectivity index (χ1) is 7.27. The summed E-state index contributed by atoms with van der Waals surface area (Å²) in [7, 11) is 0. The van der Waals surface area contributed by atoms with Crippen molar-refractivity contribution in [2.24, 2.45) is 0 Å². The Bertz CT molecular complexity index is 370. The van der Waals surface area contributed by atoms with E-state index in [2.05, 4.69) is 18.0 Å². The lowest BCUT2D eigenvalue weighted by Crippen LogP contribution is -2.31. The van der Waals surface area contributed by atoms with E-state index in [0.29, 0.717) is 5.01 Å². The van der Waals surface area contributed by atoms with E-state index in [-0.39, 0.29) is 5.91 Å². The van der Waals surface area contributed by atoms with Crippen LogP contribution in [0.1, 0.15) is 29.6 Å². The Hall–Kier alpha value is -1.16. The molecule has 0 unspecified atom stereocenters. The van der Waals surface area contributed by atoms with Crippen molar-refractivity contribution in [3.05, 3.63) is 28.2 Å². The van der Waals surface area contributed by atoms with Crippen LogP contribution in [-0.2, 0) is 0 Å². The van der Waals surface area contributed by atoms with E-state index in [0.717, 1.165) is 25.9 Å². The molecule has 2 rings (SSSR count). The highest BCUT2D eigenvalue weighted by Crippen LogP contribution is 2.14. The molecule has 0 bridgehead atoms. The van der Waals surface area contributed by atoms with Crippen LogP contribution in [0.15, 0.2) is 23.2 Å². The van der Waals surface area contributed by atoms with E-state index in [1.807, 2.05) is 10.3 Å². The van der Waals surface area contributed by atoms with E-state index in [4.69, 9.17) is 0 Å². The predicted octanol–water partition coefficient (Wildman–Crippen LogP) is 2.33. The van der Waals surface area contributed by atoms with Gasteiger partial charge in [0.15, 0.2) is 5.01 Å². The van der Waals surface area contributed by atoms with E-state index >= 15 is 0 Å². The van der Waals surface area contributed by atoms with Gasteiger partial charge in [-0.15, -0.1) is 11.3 Å². The smallest absolute Gasteiger partial charge is 0.282 e. The topological polar surface area (TPSA) is 33.2 Å². The first-order valence-corrected chi connectivity index (χ1v) is 6.00. The van der Waals surface area contributed by atoms with E-state index in [9.17, 15) is 4.79 Å². The van der Waals surface area contributed by atoms with Crippen molar-refractivity contribution < 1.29 is 4.79 Å². The summed E-state index contributed by atoms with van der Waals surface area (Å²) in [6, 6.07) is 0. The lowest BCUT2D eigenvalue weighted by Gasteiger charge is -2.18. The second kappa shape index (κ2) is 4.57.